The molecule has 0 saturated heterocycles. The summed E-state index contributed by atoms with van der Waals surface area (Å²) in [6, 6.07) is 5.58. The van der Waals surface area contributed by atoms with Gasteiger partial charge in [-0.2, -0.15) is 0 Å². The summed E-state index contributed by atoms with van der Waals surface area (Å²) in [7, 11) is 0. The van der Waals surface area contributed by atoms with E-state index in [9.17, 15) is 19.1 Å². The summed E-state index contributed by atoms with van der Waals surface area (Å²) in [4.78, 5) is 25.3. The average Bonchev–Trinajstić information content (AvgIpc) is 3.27. The number of fused-ring (bicyclic) bond motifs is 3. The number of hydrogen-bond donors (Lipinski definition) is 3. The minimum Gasteiger partial charge on any atom is -0.484 e. The van der Waals surface area contributed by atoms with E-state index >= 15 is 0 Å². The van der Waals surface area contributed by atoms with Crippen LogP contribution in [-0.4, -0.2) is 45.9 Å². The summed E-state index contributed by atoms with van der Waals surface area (Å²) in [5.74, 6) is -1.08. The molecule has 184 valence electrons. The highest BCUT2D eigenvalue weighted by molar-refractivity contribution is 6.30. The van der Waals surface area contributed by atoms with Crippen molar-refractivity contribution in [2.24, 2.45) is 0 Å². The van der Waals surface area contributed by atoms with E-state index < -0.39 is 28.9 Å². The molecule has 2 bridgehead atoms. The first kappa shape index (κ1) is 24.5. The number of amides is 2. The number of rotatable bonds is 6. The Morgan fingerprint density at radius 2 is 1.94 bits per heavy atom. The van der Waals surface area contributed by atoms with Crippen molar-refractivity contribution in [1.29, 1.82) is 0 Å². The molecule has 3 aliphatic carbocycles. The molecule has 1 heterocycles. The van der Waals surface area contributed by atoms with E-state index in [1.807, 2.05) is 20.8 Å². The highest BCUT2D eigenvalue weighted by Crippen LogP contribution is 2.47. The maximum absolute atomic E-state index is 13.6. The lowest BCUT2D eigenvalue weighted by molar-refractivity contribution is -0.132. The molecule has 34 heavy (non-hydrogen) atoms. The van der Waals surface area contributed by atoms with Crippen molar-refractivity contribution in [3.63, 3.8) is 0 Å². The van der Waals surface area contributed by atoms with E-state index in [0.717, 1.165) is 6.07 Å². The summed E-state index contributed by atoms with van der Waals surface area (Å²) < 4.78 is 24.2. The van der Waals surface area contributed by atoms with Crippen LogP contribution < -0.4 is 15.4 Å². The molecule has 1 aromatic carbocycles. The minimum atomic E-state index is -0.841. The fraction of sp³-hybridized carbons (Fsp3) is 0.542. The number of carbonyl (C=O) groups excluding carboxylic acids is 2. The molecule has 1 atom stereocenters. The van der Waals surface area contributed by atoms with Crippen LogP contribution >= 0.6 is 11.6 Å². The predicted molar refractivity (Wildman–Crippen MR) is 122 cm³/mol. The molecule has 0 spiro atoms. The van der Waals surface area contributed by atoms with Gasteiger partial charge in [0, 0.05) is 23.1 Å². The van der Waals surface area contributed by atoms with Crippen molar-refractivity contribution in [3.8, 4) is 5.75 Å². The lowest BCUT2D eigenvalue weighted by atomic mass is 9.60. The zero-order valence-corrected chi connectivity index (χ0v) is 20.2. The molecule has 2 aromatic rings. The molecular weight excluding hydrogens is 465 g/mol. The second kappa shape index (κ2) is 8.85. The summed E-state index contributed by atoms with van der Waals surface area (Å²) in [6.07, 6.45) is 1.66. The molecule has 3 fully saturated rings. The van der Waals surface area contributed by atoms with Gasteiger partial charge in [0.05, 0.1) is 22.4 Å². The molecule has 3 N–H and O–H groups in total. The van der Waals surface area contributed by atoms with Crippen molar-refractivity contribution in [2.75, 3.05) is 6.61 Å². The van der Waals surface area contributed by atoms with Crippen molar-refractivity contribution in [1.82, 2.24) is 15.8 Å². The zero-order chi connectivity index (χ0) is 24.7. The number of ether oxygens (including phenoxy) is 1. The van der Waals surface area contributed by atoms with Crippen molar-refractivity contribution in [3.05, 3.63) is 46.6 Å². The van der Waals surface area contributed by atoms with E-state index in [2.05, 4.69) is 15.8 Å². The van der Waals surface area contributed by atoms with Gasteiger partial charge in [-0.05, 0) is 44.2 Å². The minimum absolute atomic E-state index is 0.0308. The maximum Gasteiger partial charge on any atom is 0.290 e. The number of aliphatic hydroxyl groups is 1. The van der Waals surface area contributed by atoms with Crippen LogP contribution in [-0.2, 0) is 10.2 Å². The second-order valence-electron chi connectivity index (χ2n) is 10.3. The largest absolute Gasteiger partial charge is 0.484 e. The Balaban J connectivity index is 1.34. The maximum atomic E-state index is 13.6. The van der Waals surface area contributed by atoms with Crippen LogP contribution in [0, 0.1) is 5.82 Å². The first-order valence-electron chi connectivity index (χ1n) is 11.3. The van der Waals surface area contributed by atoms with Crippen molar-refractivity contribution < 1.29 is 28.3 Å². The molecule has 1 aromatic heterocycles. The molecule has 0 aliphatic heterocycles. The predicted octanol–water partition coefficient (Wildman–Crippen LogP) is 3.51. The Hall–Kier alpha value is -2.65. The Bertz CT molecular complexity index is 1090. The number of carbonyl (C=O) groups is 2. The van der Waals surface area contributed by atoms with E-state index in [1.54, 1.807) is 6.07 Å². The van der Waals surface area contributed by atoms with Crippen LogP contribution in [0.5, 0.6) is 5.75 Å². The van der Waals surface area contributed by atoms with Crippen LogP contribution in [0.15, 0.2) is 28.8 Å². The monoisotopic (exact) mass is 493 g/mol. The van der Waals surface area contributed by atoms with Gasteiger partial charge in [-0.15, -0.1) is 0 Å². The standard InChI is InChI=1S/C24H29ClFN3O5/c1-22(2,3)18-11-17(34-29-18)21(32)28-23-6-8-24(9-7-23,19(30)12-23)27-20(31)13-33-14-4-5-15(25)16(26)10-14/h4-5,10-11,19,30H,6-9,12-13H2,1-3H3,(H,27,31)(H,28,32)/t19-,23?,24?/m1/s1. The van der Waals surface area contributed by atoms with Crippen LogP contribution in [0.3, 0.4) is 0 Å². The van der Waals surface area contributed by atoms with E-state index in [1.165, 1.54) is 12.1 Å². The normalized spacial score (nSPS) is 26.2. The topological polar surface area (TPSA) is 114 Å². The molecule has 2 amide bonds. The first-order chi connectivity index (χ1) is 15.9. The number of benzene rings is 1. The van der Waals surface area contributed by atoms with Gasteiger partial charge in [0.2, 0.25) is 5.76 Å². The zero-order valence-electron chi connectivity index (χ0n) is 19.4. The van der Waals surface area contributed by atoms with Gasteiger partial charge in [0.15, 0.2) is 6.61 Å². The second-order valence-corrected chi connectivity index (χ2v) is 10.8. The number of nitrogens with zero attached hydrogens (tertiary/aromatic N) is 1. The van der Waals surface area contributed by atoms with Crippen LogP contribution in [0.1, 0.15) is 69.1 Å². The van der Waals surface area contributed by atoms with Gasteiger partial charge in [0.1, 0.15) is 11.6 Å². The SMILES string of the molecule is CC(C)(C)c1cc(C(=O)NC23CCC(NC(=O)COc4ccc(Cl)c(F)c4)(CC2)[C@H](O)C3)on1. The lowest BCUT2D eigenvalue weighted by Crippen LogP contribution is -2.70. The Morgan fingerprint density at radius 3 is 2.53 bits per heavy atom. The molecule has 5 rings (SSSR count). The number of hydrogen-bond acceptors (Lipinski definition) is 6. The van der Waals surface area contributed by atoms with Crippen molar-refractivity contribution >= 4 is 23.4 Å². The number of nitrogens with one attached hydrogen (secondary N) is 2. The van der Waals surface area contributed by atoms with E-state index in [0.29, 0.717) is 37.8 Å². The molecule has 3 aliphatic rings. The van der Waals surface area contributed by atoms with Crippen molar-refractivity contribution in [2.45, 2.75) is 75.5 Å². The summed E-state index contributed by atoms with van der Waals surface area (Å²) in [6.45, 7) is 5.63. The third-order valence-electron chi connectivity index (χ3n) is 6.85. The average molecular weight is 494 g/mol. The van der Waals surface area contributed by atoms with Crippen LogP contribution in [0.25, 0.3) is 0 Å². The Labute approximate surface area is 202 Å². The molecule has 8 nitrogen and oxygen atoms in total. The van der Waals surface area contributed by atoms with Gasteiger partial charge in [-0.3, -0.25) is 9.59 Å². The third-order valence-corrected chi connectivity index (χ3v) is 7.16. The molecular formula is C24H29ClFN3O5. The Morgan fingerprint density at radius 1 is 1.24 bits per heavy atom. The smallest absolute Gasteiger partial charge is 0.290 e. The molecule has 0 radical (unpaired) electrons. The summed E-state index contributed by atoms with van der Waals surface area (Å²) in [5.41, 5.74) is -0.915. The third kappa shape index (κ3) is 4.90. The number of aliphatic hydroxyl groups excluding tert-OH is 1. The van der Waals surface area contributed by atoms with Crippen LogP contribution in [0.2, 0.25) is 5.02 Å². The Kier molecular flexibility index (Phi) is 6.37. The van der Waals surface area contributed by atoms with E-state index in [4.69, 9.17) is 20.9 Å². The quantitative estimate of drug-likeness (QED) is 0.567. The highest BCUT2D eigenvalue weighted by Gasteiger charge is 2.55. The van der Waals surface area contributed by atoms with E-state index in [-0.39, 0.29) is 34.5 Å². The summed E-state index contributed by atoms with van der Waals surface area (Å²) in [5, 5.41) is 20.8. The number of aromatic nitrogens is 1. The molecule has 3 saturated carbocycles. The van der Waals surface area contributed by atoms with Gasteiger partial charge in [-0.1, -0.05) is 37.5 Å². The van der Waals surface area contributed by atoms with Gasteiger partial charge in [-0.25, -0.2) is 4.39 Å². The van der Waals surface area contributed by atoms with Crippen LogP contribution in [0.4, 0.5) is 4.39 Å². The highest BCUT2D eigenvalue weighted by atomic mass is 35.5. The fourth-order valence-corrected chi connectivity index (χ4v) is 4.85. The number of halogens is 2. The lowest BCUT2D eigenvalue weighted by Gasteiger charge is -2.56. The first-order valence-corrected chi connectivity index (χ1v) is 11.7. The fourth-order valence-electron chi connectivity index (χ4n) is 4.73. The van der Waals surface area contributed by atoms with Gasteiger partial charge in [0.25, 0.3) is 11.8 Å². The summed E-state index contributed by atoms with van der Waals surface area (Å²) >= 11 is 5.65. The molecule has 0 unspecified atom stereocenters. The van der Waals surface area contributed by atoms with Gasteiger partial charge < -0.3 is 25.0 Å². The molecule has 10 heteroatoms. The van der Waals surface area contributed by atoms with Gasteiger partial charge >= 0.3 is 0 Å².